The molecule has 0 rings (SSSR count). The van der Waals surface area contributed by atoms with Gasteiger partial charge in [-0.05, 0) is 38.5 Å². The number of aliphatic hydroxyl groups is 1. The molecule has 11 nitrogen and oxygen atoms in total. The van der Waals surface area contributed by atoms with Crippen molar-refractivity contribution in [3.05, 3.63) is 12.2 Å². The number of rotatable bonds is 37. The van der Waals surface area contributed by atoms with Crippen LogP contribution in [0.2, 0.25) is 0 Å². The predicted octanol–water partition coefficient (Wildman–Crippen LogP) is 9.33. The number of esters is 1. The molecule has 294 valence electrons. The maximum Gasteiger partial charge on any atom is 0.472 e. The van der Waals surface area contributed by atoms with Crippen molar-refractivity contribution in [3.63, 3.8) is 0 Å². The standard InChI is InChI=1S/C38H72NO10P/c1-3-5-7-9-11-13-15-17-18-20-22-24-26-28-30-37(42)47-31-34(40)32-48-50(45,46)49-33-35(38(43)44)39-36(41)29-27-25-23-21-19-16-14-12-10-8-6-4-2/h12,14,34-35,40H,3-11,13,15-33H2,1-2H3,(H,39,41)(H,43,44)(H,45,46)/b14-12-. The molecule has 0 aromatic carbocycles. The molecule has 50 heavy (non-hydrogen) atoms. The van der Waals surface area contributed by atoms with Crippen LogP contribution in [0.25, 0.3) is 0 Å². The van der Waals surface area contributed by atoms with Crippen LogP contribution >= 0.6 is 7.82 Å². The van der Waals surface area contributed by atoms with E-state index >= 15 is 0 Å². The largest absolute Gasteiger partial charge is 0.480 e. The minimum atomic E-state index is -4.75. The highest BCUT2D eigenvalue weighted by molar-refractivity contribution is 7.47. The molecule has 0 aromatic rings. The number of allylic oxidation sites excluding steroid dienone is 2. The van der Waals surface area contributed by atoms with Gasteiger partial charge in [0.25, 0.3) is 0 Å². The summed E-state index contributed by atoms with van der Waals surface area (Å²) in [6.45, 7) is 2.55. The van der Waals surface area contributed by atoms with Gasteiger partial charge in [0.05, 0.1) is 13.2 Å². The lowest BCUT2D eigenvalue weighted by molar-refractivity contribution is -0.147. The Morgan fingerprint density at radius 2 is 1.04 bits per heavy atom. The summed E-state index contributed by atoms with van der Waals surface area (Å²) in [4.78, 5) is 45.7. The van der Waals surface area contributed by atoms with Gasteiger partial charge >= 0.3 is 19.8 Å². The van der Waals surface area contributed by atoms with Gasteiger partial charge in [-0.3, -0.25) is 18.6 Å². The number of phosphoric ester groups is 1. The number of aliphatic carboxylic acids is 1. The number of hydrogen-bond donors (Lipinski definition) is 4. The van der Waals surface area contributed by atoms with E-state index in [1.54, 1.807) is 0 Å². The number of hydrogen-bond acceptors (Lipinski definition) is 8. The topological polar surface area (TPSA) is 169 Å². The highest BCUT2D eigenvalue weighted by Crippen LogP contribution is 2.43. The Balaban J connectivity index is 3.94. The normalized spacial score (nSPS) is 14.0. The zero-order valence-corrected chi connectivity index (χ0v) is 32.4. The Morgan fingerprint density at radius 1 is 0.620 bits per heavy atom. The molecular formula is C38H72NO10P. The zero-order chi connectivity index (χ0) is 37.1. The number of amides is 1. The first-order chi connectivity index (χ1) is 24.1. The van der Waals surface area contributed by atoms with E-state index in [2.05, 4.69) is 31.3 Å². The summed E-state index contributed by atoms with van der Waals surface area (Å²) in [5, 5.41) is 21.7. The van der Waals surface area contributed by atoms with Crippen LogP contribution in [-0.4, -0.2) is 64.9 Å². The van der Waals surface area contributed by atoms with Gasteiger partial charge in [0.1, 0.15) is 12.7 Å². The predicted molar refractivity (Wildman–Crippen MR) is 199 cm³/mol. The van der Waals surface area contributed by atoms with Crippen LogP contribution in [0, 0.1) is 0 Å². The van der Waals surface area contributed by atoms with Crippen LogP contribution in [0.1, 0.15) is 181 Å². The maximum absolute atomic E-state index is 12.2. The Kier molecular flexibility index (Phi) is 33.1. The lowest BCUT2D eigenvalue weighted by Gasteiger charge is -2.18. The summed E-state index contributed by atoms with van der Waals surface area (Å²) in [7, 11) is -4.75. The zero-order valence-electron chi connectivity index (χ0n) is 31.5. The van der Waals surface area contributed by atoms with Crippen LogP contribution in [0.5, 0.6) is 0 Å². The van der Waals surface area contributed by atoms with Gasteiger partial charge in [0.15, 0.2) is 6.04 Å². The Hall–Kier alpha value is -1.78. The van der Waals surface area contributed by atoms with Gasteiger partial charge in [-0.15, -0.1) is 0 Å². The molecule has 0 saturated carbocycles. The van der Waals surface area contributed by atoms with E-state index in [1.165, 1.54) is 83.5 Å². The number of aliphatic hydroxyl groups excluding tert-OH is 1. The number of phosphoric acid groups is 1. The third kappa shape index (κ3) is 33.4. The summed E-state index contributed by atoms with van der Waals surface area (Å²) in [6.07, 6.45) is 31.0. The second kappa shape index (κ2) is 34.3. The van der Waals surface area contributed by atoms with Crippen molar-refractivity contribution in [2.75, 3.05) is 19.8 Å². The third-order valence-corrected chi connectivity index (χ3v) is 9.51. The molecule has 3 atom stereocenters. The number of unbranched alkanes of at least 4 members (excludes halogenated alkanes) is 21. The fourth-order valence-electron chi connectivity index (χ4n) is 5.43. The summed E-state index contributed by atoms with van der Waals surface area (Å²) in [5.74, 6) is -2.38. The number of carboxylic acid groups (broad SMARTS) is 1. The van der Waals surface area contributed by atoms with Crippen molar-refractivity contribution < 1.29 is 47.8 Å². The molecule has 0 aromatic heterocycles. The number of carboxylic acids is 1. The summed E-state index contributed by atoms with van der Waals surface area (Å²) in [5.41, 5.74) is 0. The Morgan fingerprint density at radius 3 is 1.56 bits per heavy atom. The molecule has 3 unspecified atom stereocenters. The second-order valence-corrected chi connectivity index (χ2v) is 14.9. The van der Waals surface area contributed by atoms with Crippen molar-refractivity contribution in [2.24, 2.45) is 0 Å². The van der Waals surface area contributed by atoms with Crippen LogP contribution in [0.3, 0.4) is 0 Å². The quantitative estimate of drug-likeness (QED) is 0.0209. The molecule has 0 fully saturated rings. The maximum atomic E-state index is 12.2. The summed E-state index contributed by atoms with van der Waals surface area (Å²) in [6, 6.07) is -1.54. The number of carbonyl (C=O) groups excluding carboxylic acids is 2. The molecule has 0 spiro atoms. The van der Waals surface area contributed by atoms with E-state index in [9.17, 15) is 34.1 Å². The minimum Gasteiger partial charge on any atom is -0.480 e. The SMILES string of the molecule is CCCCC/C=C\CCCCCCCC(=O)NC(COP(=O)(O)OCC(O)COC(=O)CCCCCCCCCCCCCCCC)C(=O)O. The lowest BCUT2D eigenvalue weighted by Crippen LogP contribution is -2.43. The smallest absolute Gasteiger partial charge is 0.472 e. The molecule has 0 aliphatic heterocycles. The molecule has 0 aliphatic carbocycles. The van der Waals surface area contributed by atoms with Gasteiger partial charge in [-0.1, -0.05) is 142 Å². The van der Waals surface area contributed by atoms with E-state index in [-0.39, 0.29) is 12.8 Å². The van der Waals surface area contributed by atoms with Gasteiger partial charge < -0.3 is 25.2 Å². The average molecular weight is 734 g/mol. The van der Waals surface area contributed by atoms with E-state index in [0.29, 0.717) is 12.8 Å². The van der Waals surface area contributed by atoms with E-state index < -0.39 is 57.6 Å². The van der Waals surface area contributed by atoms with Crippen molar-refractivity contribution in [3.8, 4) is 0 Å². The molecule has 0 bridgehead atoms. The van der Waals surface area contributed by atoms with Crippen molar-refractivity contribution in [1.29, 1.82) is 0 Å². The molecular weight excluding hydrogens is 661 g/mol. The molecule has 0 heterocycles. The van der Waals surface area contributed by atoms with Crippen LogP contribution in [0.15, 0.2) is 12.2 Å². The average Bonchev–Trinajstić information content (AvgIpc) is 3.08. The summed E-state index contributed by atoms with van der Waals surface area (Å²) < 4.78 is 26.7. The first-order valence-corrected chi connectivity index (χ1v) is 21.2. The van der Waals surface area contributed by atoms with E-state index in [0.717, 1.165) is 57.8 Å². The number of ether oxygens (including phenoxy) is 1. The molecule has 0 aliphatic rings. The van der Waals surface area contributed by atoms with Crippen LogP contribution < -0.4 is 5.32 Å². The van der Waals surface area contributed by atoms with Crippen LogP contribution in [0.4, 0.5) is 0 Å². The van der Waals surface area contributed by atoms with Gasteiger partial charge in [0.2, 0.25) is 5.91 Å². The van der Waals surface area contributed by atoms with Crippen molar-refractivity contribution >= 4 is 25.7 Å². The Labute approximate surface area is 303 Å². The fourth-order valence-corrected chi connectivity index (χ4v) is 6.20. The highest BCUT2D eigenvalue weighted by Gasteiger charge is 2.28. The van der Waals surface area contributed by atoms with E-state index in [1.807, 2.05) is 0 Å². The molecule has 0 radical (unpaired) electrons. The van der Waals surface area contributed by atoms with Crippen molar-refractivity contribution in [1.82, 2.24) is 5.32 Å². The number of nitrogens with one attached hydrogen (secondary N) is 1. The molecule has 12 heteroatoms. The second-order valence-electron chi connectivity index (χ2n) is 13.5. The van der Waals surface area contributed by atoms with Crippen LogP contribution in [-0.2, 0) is 32.7 Å². The molecule has 4 N–H and O–H groups in total. The molecule has 1 amide bonds. The number of carbonyl (C=O) groups is 3. The van der Waals surface area contributed by atoms with Gasteiger partial charge in [-0.2, -0.15) is 0 Å². The monoisotopic (exact) mass is 733 g/mol. The molecule has 0 saturated heterocycles. The lowest BCUT2D eigenvalue weighted by atomic mass is 10.0. The highest BCUT2D eigenvalue weighted by atomic mass is 31.2. The van der Waals surface area contributed by atoms with Gasteiger partial charge in [-0.25, -0.2) is 9.36 Å². The van der Waals surface area contributed by atoms with Crippen molar-refractivity contribution in [2.45, 2.75) is 193 Å². The van der Waals surface area contributed by atoms with Gasteiger partial charge in [0, 0.05) is 12.8 Å². The Bertz CT molecular complexity index is 916. The third-order valence-electron chi connectivity index (χ3n) is 8.55. The first-order valence-electron chi connectivity index (χ1n) is 19.7. The fraction of sp³-hybridized carbons (Fsp3) is 0.868. The summed E-state index contributed by atoms with van der Waals surface area (Å²) >= 11 is 0. The van der Waals surface area contributed by atoms with E-state index in [4.69, 9.17) is 13.8 Å². The first kappa shape index (κ1) is 48.2. The minimum absolute atomic E-state index is 0.138.